The third-order valence-corrected chi connectivity index (χ3v) is 5.51. The van der Waals surface area contributed by atoms with Crippen LogP contribution >= 0.6 is 11.3 Å². The second kappa shape index (κ2) is 6.39. The Hall–Kier alpha value is -1.76. The van der Waals surface area contributed by atoms with Gasteiger partial charge >= 0.3 is 5.97 Å². The SMILES string of the molecule is CC[C@@H](C)OC(=O)Cn1nnc2sc3c(c2c1=O)CC[C@H](C)C3. The Bertz CT molecular complexity index is 796. The van der Waals surface area contributed by atoms with Crippen LogP contribution in [0.25, 0.3) is 10.2 Å². The zero-order valence-electron chi connectivity index (χ0n) is 13.7. The normalized spacial score (nSPS) is 18.7. The van der Waals surface area contributed by atoms with E-state index in [1.165, 1.54) is 4.88 Å². The fraction of sp³-hybridized carbons (Fsp3) is 0.625. The lowest BCUT2D eigenvalue weighted by molar-refractivity contribution is -0.149. The van der Waals surface area contributed by atoms with Crippen molar-refractivity contribution in [1.29, 1.82) is 0 Å². The molecule has 124 valence electrons. The molecule has 0 fully saturated rings. The van der Waals surface area contributed by atoms with Gasteiger partial charge < -0.3 is 4.74 Å². The highest BCUT2D eigenvalue weighted by Gasteiger charge is 2.24. The van der Waals surface area contributed by atoms with Gasteiger partial charge in [-0.3, -0.25) is 9.59 Å². The average Bonchev–Trinajstić information content (AvgIpc) is 2.88. The van der Waals surface area contributed by atoms with Crippen LogP contribution < -0.4 is 5.56 Å². The zero-order chi connectivity index (χ0) is 16.6. The molecule has 6 nitrogen and oxygen atoms in total. The maximum absolute atomic E-state index is 12.7. The van der Waals surface area contributed by atoms with Gasteiger partial charge in [0, 0.05) is 4.88 Å². The van der Waals surface area contributed by atoms with E-state index in [0.717, 1.165) is 35.9 Å². The average molecular weight is 335 g/mol. The molecule has 2 heterocycles. The van der Waals surface area contributed by atoms with Crippen LogP contribution in [0.1, 0.15) is 44.1 Å². The minimum Gasteiger partial charge on any atom is -0.461 e. The van der Waals surface area contributed by atoms with E-state index in [9.17, 15) is 9.59 Å². The van der Waals surface area contributed by atoms with Gasteiger partial charge in [0.2, 0.25) is 0 Å². The first-order valence-corrected chi connectivity index (χ1v) is 8.88. The van der Waals surface area contributed by atoms with Crippen LogP contribution in [0.2, 0.25) is 0 Å². The molecule has 0 saturated carbocycles. The largest absolute Gasteiger partial charge is 0.461 e. The molecule has 0 bridgehead atoms. The summed E-state index contributed by atoms with van der Waals surface area (Å²) in [6, 6.07) is 0. The number of hydrogen-bond acceptors (Lipinski definition) is 6. The summed E-state index contributed by atoms with van der Waals surface area (Å²) in [6.45, 7) is 5.80. The molecule has 0 aliphatic heterocycles. The van der Waals surface area contributed by atoms with E-state index in [1.807, 2.05) is 13.8 Å². The van der Waals surface area contributed by atoms with Crippen molar-refractivity contribution in [3.05, 3.63) is 20.8 Å². The molecule has 0 spiro atoms. The van der Waals surface area contributed by atoms with E-state index in [0.29, 0.717) is 16.1 Å². The Morgan fingerprint density at radius 2 is 2.30 bits per heavy atom. The van der Waals surface area contributed by atoms with Crippen LogP contribution in [0.3, 0.4) is 0 Å². The molecule has 1 aliphatic carbocycles. The Labute approximate surface area is 138 Å². The number of rotatable bonds is 4. The van der Waals surface area contributed by atoms with Gasteiger partial charge in [-0.25, -0.2) is 0 Å². The molecule has 1 aliphatic rings. The first-order chi connectivity index (χ1) is 11.0. The molecular formula is C16H21N3O3S. The Balaban J connectivity index is 1.93. The predicted octanol–water partition coefficient (Wildman–Crippen LogP) is 2.32. The molecule has 0 aromatic carbocycles. The summed E-state index contributed by atoms with van der Waals surface area (Å²) in [5.41, 5.74) is 0.871. The van der Waals surface area contributed by atoms with Gasteiger partial charge in [-0.2, -0.15) is 4.68 Å². The first kappa shape index (κ1) is 16.1. The Morgan fingerprint density at radius 1 is 1.52 bits per heavy atom. The molecule has 2 aromatic heterocycles. The summed E-state index contributed by atoms with van der Waals surface area (Å²) < 4.78 is 6.34. The summed E-state index contributed by atoms with van der Waals surface area (Å²) in [6.07, 6.45) is 3.55. The lowest BCUT2D eigenvalue weighted by Gasteiger charge is -2.17. The number of carbonyl (C=O) groups is 1. The van der Waals surface area contributed by atoms with Crippen molar-refractivity contribution in [2.45, 2.75) is 59.1 Å². The number of thiophene rings is 1. The minimum absolute atomic E-state index is 0.162. The predicted molar refractivity (Wildman–Crippen MR) is 88.7 cm³/mol. The molecule has 2 atom stereocenters. The molecule has 0 saturated heterocycles. The highest BCUT2D eigenvalue weighted by atomic mass is 32.1. The van der Waals surface area contributed by atoms with Crippen LogP contribution in [0.4, 0.5) is 0 Å². The number of aromatic nitrogens is 3. The van der Waals surface area contributed by atoms with Gasteiger partial charge in [0.1, 0.15) is 6.54 Å². The van der Waals surface area contributed by atoms with Gasteiger partial charge in [-0.15, -0.1) is 16.4 Å². The maximum Gasteiger partial charge on any atom is 0.328 e. The van der Waals surface area contributed by atoms with E-state index in [4.69, 9.17) is 4.74 Å². The second-order valence-electron chi connectivity index (χ2n) is 6.29. The third kappa shape index (κ3) is 3.15. The van der Waals surface area contributed by atoms with Gasteiger partial charge in [-0.05, 0) is 44.1 Å². The van der Waals surface area contributed by atoms with Gasteiger partial charge in [0.05, 0.1) is 11.5 Å². The number of ether oxygens (including phenoxy) is 1. The molecule has 7 heteroatoms. The minimum atomic E-state index is -0.451. The standard InChI is InChI=1S/C16H21N3O3S/c1-4-10(3)22-13(20)8-19-16(21)14-11-6-5-9(2)7-12(11)23-15(14)17-18-19/h9-10H,4-8H2,1-3H3/t9-,10+/m0/s1. The Morgan fingerprint density at radius 3 is 3.04 bits per heavy atom. The third-order valence-electron chi connectivity index (χ3n) is 4.37. The van der Waals surface area contributed by atoms with Gasteiger partial charge in [0.15, 0.2) is 4.83 Å². The fourth-order valence-corrected chi connectivity index (χ4v) is 4.18. The molecule has 0 radical (unpaired) electrons. The number of carbonyl (C=O) groups excluding carboxylic acids is 1. The van der Waals surface area contributed by atoms with Crippen molar-refractivity contribution in [2.75, 3.05) is 0 Å². The number of fused-ring (bicyclic) bond motifs is 3. The summed E-state index contributed by atoms with van der Waals surface area (Å²) in [4.78, 5) is 26.5. The lowest BCUT2D eigenvalue weighted by atomic mass is 9.89. The molecule has 0 unspecified atom stereocenters. The molecule has 0 N–H and O–H groups in total. The number of nitrogens with zero attached hydrogens (tertiary/aromatic N) is 3. The van der Waals surface area contributed by atoms with E-state index in [2.05, 4.69) is 17.2 Å². The van der Waals surface area contributed by atoms with Crippen LogP contribution in [0.15, 0.2) is 4.79 Å². The Kier molecular flexibility index (Phi) is 4.48. The maximum atomic E-state index is 12.7. The monoisotopic (exact) mass is 335 g/mol. The lowest BCUT2D eigenvalue weighted by Crippen LogP contribution is -2.30. The highest BCUT2D eigenvalue weighted by molar-refractivity contribution is 7.18. The summed E-state index contributed by atoms with van der Waals surface area (Å²) in [7, 11) is 0. The highest BCUT2D eigenvalue weighted by Crippen LogP contribution is 2.35. The van der Waals surface area contributed by atoms with Crippen LogP contribution in [0.5, 0.6) is 0 Å². The first-order valence-electron chi connectivity index (χ1n) is 8.07. The molecule has 3 rings (SSSR count). The molecule has 2 aromatic rings. The fourth-order valence-electron chi connectivity index (χ4n) is 2.86. The van der Waals surface area contributed by atoms with Crippen molar-refractivity contribution in [2.24, 2.45) is 5.92 Å². The molecule has 0 amide bonds. The van der Waals surface area contributed by atoms with Crippen molar-refractivity contribution in [1.82, 2.24) is 15.0 Å². The summed E-state index contributed by atoms with van der Waals surface area (Å²) >= 11 is 1.56. The second-order valence-corrected chi connectivity index (χ2v) is 7.38. The molecular weight excluding hydrogens is 314 g/mol. The van der Waals surface area contributed by atoms with Crippen LogP contribution in [0, 0.1) is 5.92 Å². The topological polar surface area (TPSA) is 74.1 Å². The summed E-state index contributed by atoms with van der Waals surface area (Å²) in [5.74, 6) is 0.184. The van der Waals surface area contributed by atoms with E-state index in [1.54, 1.807) is 11.3 Å². The van der Waals surface area contributed by atoms with Gasteiger partial charge in [0.25, 0.3) is 5.56 Å². The van der Waals surface area contributed by atoms with Crippen molar-refractivity contribution < 1.29 is 9.53 Å². The number of aryl methyl sites for hydroxylation is 1. The van der Waals surface area contributed by atoms with Crippen LogP contribution in [-0.4, -0.2) is 27.1 Å². The van der Waals surface area contributed by atoms with Crippen molar-refractivity contribution >= 4 is 27.5 Å². The van der Waals surface area contributed by atoms with Crippen molar-refractivity contribution in [3.63, 3.8) is 0 Å². The smallest absolute Gasteiger partial charge is 0.328 e. The molecule has 23 heavy (non-hydrogen) atoms. The van der Waals surface area contributed by atoms with Gasteiger partial charge in [-0.1, -0.05) is 19.1 Å². The zero-order valence-corrected chi connectivity index (χ0v) is 14.5. The van der Waals surface area contributed by atoms with E-state index < -0.39 is 5.97 Å². The quantitative estimate of drug-likeness (QED) is 0.802. The summed E-state index contributed by atoms with van der Waals surface area (Å²) in [5, 5.41) is 8.70. The van der Waals surface area contributed by atoms with E-state index >= 15 is 0 Å². The van der Waals surface area contributed by atoms with Crippen molar-refractivity contribution in [3.8, 4) is 0 Å². The number of esters is 1. The van der Waals surface area contributed by atoms with E-state index in [-0.39, 0.29) is 18.2 Å². The van der Waals surface area contributed by atoms with Crippen LogP contribution in [-0.2, 0) is 28.9 Å². The number of hydrogen-bond donors (Lipinski definition) is 0.